The number of benzene rings is 2. The van der Waals surface area contributed by atoms with Crippen molar-refractivity contribution < 1.29 is 13.2 Å². The van der Waals surface area contributed by atoms with Gasteiger partial charge in [0, 0.05) is 25.7 Å². The molecule has 3 rings (SSSR count). The minimum Gasteiger partial charge on any atom is -0.326 e. The van der Waals surface area contributed by atoms with Gasteiger partial charge in [-0.2, -0.15) is 4.31 Å². The van der Waals surface area contributed by atoms with Gasteiger partial charge >= 0.3 is 0 Å². The number of anilines is 1. The smallest absolute Gasteiger partial charge is 0.243 e. The molecular formula is C18H20N2O3S. The third kappa shape index (κ3) is 3.20. The second-order valence-corrected chi connectivity index (χ2v) is 7.95. The maximum absolute atomic E-state index is 12.9. The van der Waals surface area contributed by atoms with Crippen LogP contribution in [0, 0.1) is 6.92 Å². The SMILES string of the molecule is CC(=O)Nc1ccc(S(=O)(=O)N2CCc3ccccc3C2)cc1C. The van der Waals surface area contributed by atoms with E-state index >= 15 is 0 Å². The van der Waals surface area contributed by atoms with Crippen molar-refractivity contribution in [2.75, 3.05) is 11.9 Å². The van der Waals surface area contributed by atoms with Crippen molar-refractivity contribution >= 4 is 21.6 Å². The molecule has 6 heteroatoms. The van der Waals surface area contributed by atoms with Gasteiger partial charge in [0.2, 0.25) is 15.9 Å². The Bertz CT molecular complexity index is 891. The maximum Gasteiger partial charge on any atom is 0.243 e. The van der Waals surface area contributed by atoms with Gasteiger partial charge < -0.3 is 5.32 Å². The topological polar surface area (TPSA) is 66.5 Å². The summed E-state index contributed by atoms with van der Waals surface area (Å²) < 4.78 is 27.4. The summed E-state index contributed by atoms with van der Waals surface area (Å²) >= 11 is 0. The fourth-order valence-corrected chi connectivity index (χ4v) is 4.46. The molecule has 0 radical (unpaired) electrons. The molecule has 1 N–H and O–H groups in total. The fourth-order valence-electron chi connectivity index (χ4n) is 2.95. The van der Waals surface area contributed by atoms with Crippen molar-refractivity contribution in [3.05, 3.63) is 59.2 Å². The molecule has 0 bridgehead atoms. The van der Waals surface area contributed by atoms with Crippen LogP contribution in [0.4, 0.5) is 5.69 Å². The lowest BCUT2D eigenvalue weighted by Crippen LogP contribution is -2.36. The van der Waals surface area contributed by atoms with Crippen LogP contribution in [-0.2, 0) is 27.8 Å². The number of amides is 1. The molecule has 126 valence electrons. The Morgan fingerprint density at radius 3 is 2.50 bits per heavy atom. The van der Waals surface area contributed by atoms with Crippen molar-refractivity contribution in [3.63, 3.8) is 0 Å². The Balaban J connectivity index is 1.89. The molecule has 0 spiro atoms. The summed E-state index contributed by atoms with van der Waals surface area (Å²) in [4.78, 5) is 11.4. The number of carbonyl (C=O) groups excluding carboxylic acids is 1. The number of nitrogens with one attached hydrogen (secondary N) is 1. The van der Waals surface area contributed by atoms with Crippen LogP contribution in [0.3, 0.4) is 0 Å². The zero-order valence-corrected chi connectivity index (χ0v) is 14.6. The van der Waals surface area contributed by atoms with Gasteiger partial charge in [0.15, 0.2) is 0 Å². The van der Waals surface area contributed by atoms with Crippen LogP contribution in [0.5, 0.6) is 0 Å². The summed E-state index contributed by atoms with van der Waals surface area (Å²) in [5, 5.41) is 2.70. The molecule has 2 aromatic carbocycles. The van der Waals surface area contributed by atoms with Crippen LogP contribution in [0.1, 0.15) is 23.6 Å². The molecule has 0 saturated carbocycles. The van der Waals surface area contributed by atoms with Crippen molar-refractivity contribution in [1.29, 1.82) is 0 Å². The van der Waals surface area contributed by atoms with Gasteiger partial charge in [-0.1, -0.05) is 24.3 Å². The molecule has 0 saturated heterocycles. The van der Waals surface area contributed by atoms with Crippen molar-refractivity contribution in [3.8, 4) is 0 Å². The van der Waals surface area contributed by atoms with E-state index in [1.54, 1.807) is 25.1 Å². The first kappa shape index (κ1) is 16.7. The second kappa shape index (κ2) is 6.37. The van der Waals surface area contributed by atoms with E-state index in [9.17, 15) is 13.2 Å². The van der Waals surface area contributed by atoms with Gasteiger partial charge in [-0.15, -0.1) is 0 Å². The molecule has 0 aliphatic carbocycles. The fraction of sp³-hybridized carbons (Fsp3) is 0.278. The first-order chi connectivity index (χ1) is 11.4. The highest BCUT2D eigenvalue weighted by atomic mass is 32.2. The van der Waals surface area contributed by atoms with Crippen LogP contribution < -0.4 is 5.32 Å². The zero-order valence-electron chi connectivity index (χ0n) is 13.7. The Kier molecular flexibility index (Phi) is 4.43. The number of aryl methyl sites for hydroxylation is 1. The molecule has 0 atom stereocenters. The highest BCUT2D eigenvalue weighted by Gasteiger charge is 2.28. The lowest BCUT2D eigenvalue weighted by Gasteiger charge is -2.28. The van der Waals surface area contributed by atoms with E-state index in [1.807, 2.05) is 24.3 Å². The quantitative estimate of drug-likeness (QED) is 0.931. The minimum atomic E-state index is -3.55. The van der Waals surface area contributed by atoms with Crippen molar-refractivity contribution in [2.45, 2.75) is 31.7 Å². The number of hydrogen-bond donors (Lipinski definition) is 1. The van der Waals surface area contributed by atoms with Crippen LogP contribution in [-0.4, -0.2) is 25.2 Å². The van der Waals surface area contributed by atoms with E-state index in [4.69, 9.17) is 0 Å². The Morgan fingerprint density at radius 1 is 1.12 bits per heavy atom. The number of rotatable bonds is 3. The molecule has 1 heterocycles. The largest absolute Gasteiger partial charge is 0.326 e. The first-order valence-electron chi connectivity index (χ1n) is 7.83. The summed E-state index contributed by atoms with van der Waals surface area (Å²) in [5.41, 5.74) is 3.62. The Hall–Kier alpha value is -2.18. The summed E-state index contributed by atoms with van der Waals surface area (Å²) in [6.45, 7) is 4.09. The van der Waals surface area contributed by atoms with Gasteiger partial charge in [-0.05, 0) is 48.2 Å². The lowest BCUT2D eigenvalue weighted by molar-refractivity contribution is -0.114. The molecule has 2 aromatic rings. The van der Waals surface area contributed by atoms with E-state index in [0.29, 0.717) is 18.8 Å². The van der Waals surface area contributed by atoms with Gasteiger partial charge in [-0.25, -0.2) is 8.42 Å². The van der Waals surface area contributed by atoms with Gasteiger partial charge in [0.05, 0.1) is 4.90 Å². The van der Waals surface area contributed by atoms with Gasteiger partial charge in [0.1, 0.15) is 0 Å². The molecule has 0 unspecified atom stereocenters. The maximum atomic E-state index is 12.9. The molecule has 24 heavy (non-hydrogen) atoms. The Morgan fingerprint density at radius 2 is 1.83 bits per heavy atom. The van der Waals surface area contributed by atoms with Gasteiger partial charge in [0.25, 0.3) is 0 Å². The average Bonchev–Trinajstić information content (AvgIpc) is 2.55. The number of hydrogen-bond acceptors (Lipinski definition) is 3. The highest BCUT2D eigenvalue weighted by molar-refractivity contribution is 7.89. The summed E-state index contributed by atoms with van der Waals surface area (Å²) in [6, 6.07) is 12.7. The van der Waals surface area contributed by atoms with Crippen LogP contribution in [0.2, 0.25) is 0 Å². The first-order valence-corrected chi connectivity index (χ1v) is 9.27. The van der Waals surface area contributed by atoms with Crippen LogP contribution >= 0.6 is 0 Å². The number of fused-ring (bicyclic) bond motifs is 1. The predicted molar refractivity (Wildman–Crippen MR) is 93.2 cm³/mol. The van der Waals surface area contributed by atoms with Crippen molar-refractivity contribution in [1.82, 2.24) is 4.31 Å². The molecule has 1 amide bonds. The minimum absolute atomic E-state index is 0.179. The molecular weight excluding hydrogens is 324 g/mol. The van der Waals surface area contributed by atoms with E-state index in [-0.39, 0.29) is 10.8 Å². The van der Waals surface area contributed by atoms with Crippen molar-refractivity contribution in [2.24, 2.45) is 0 Å². The monoisotopic (exact) mass is 344 g/mol. The molecule has 1 aliphatic heterocycles. The van der Waals surface area contributed by atoms with E-state index in [1.165, 1.54) is 16.8 Å². The summed E-state index contributed by atoms with van der Waals surface area (Å²) in [5.74, 6) is -0.179. The molecule has 5 nitrogen and oxygen atoms in total. The second-order valence-electron chi connectivity index (χ2n) is 6.02. The molecule has 0 fully saturated rings. The summed E-state index contributed by atoms with van der Waals surface area (Å²) in [6.07, 6.45) is 0.721. The summed E-state index contributed by atoms with van der Waals surface area (Å²) in [7, 11) is -3.55. The standard InChI is InChI=1S/C18H20N2O3S/c1-13-11-17(7-8-18(13)19-14(2)21)24(22,23)20-10-9-15-5-3-4-6-16(15)12-20/h3-8,11H,9-10,12H2,1-2H3,(H,19,21). The normalized spacial score (nSPS) is 14.9. The molecule has 0 aromatic heterocycles. The zero-order chi connectivity index (χ0) is 17.3. The third-order valence-electron chi connectivity index (χ3n) is 4.24. The number of nitrogens with zero attached hydrogens (tertiary/aromatic N) is 1. The van der Waals surface area contributed by atoms with E-state index in [2.05, 4.69) is 5.32 Å². The predicted octanol–water partition coefficient (Wildman–Crippen LogP) is 2.70. The number of carbonyl (C=O) groups is 1. The highest BCUT2D eigenvalue weighted by Crippen LogP contribution is 2.27. The Labute approximate surface area is 142 Å². The third-order valence-corrected chi connectivity index (χ3v) is 6.08. The van der Waals surface area contributed by atoms with Gasteiger partial charge in [-0.3, -0.25) is 4.79 Å². The lowest BCUT2D eigenvalue weighted by atomic mass is 10.0. The van der Waals surface area contributed by atoms with E-state index < -0.39 is 10.0 Å². The van der Waals surface area contributed by atoms with E-state index in [0.717, 1.165) is 17.5 Å². The molecule has 1 aliphatic rings. The average molecular weight is 344 g/mol. The number of sulfonamides is 1. The van der Waals surface area contributed by atoms with Crippen LogP contribution in [0.15, 0.2) is 47.4 Å². The van der Waals surface area contributed by atoms with Crippen LogP contribution in [0.25, 0.3) is 0 Å².